The van der Waals surface area contributed by atoms with Gasteiger partial charge in [-0.25, -0.2) is 9.59 Å². The van der Waals surface area contributed by atoms with Gasteiger partial charge >= 0.3 is 11.9 Å². The van der Waals surface area contributed by atoms with E-state index in [0.717, 1.165) is 7.11 Å². The number of nitrogens with two attached hydrogens (primary N) is 1. The predicted octanol–water partition coefficient (Wildman–Crippen LogP) is 1.85. The molecule has 1 amide bonds. The summed E-state index contributed by atoms with van der Waals surface area (Å²) in [6.07, 6.45) is 0. The zero-order chi connectivity index (χ0) is 19.9. The summed E-state index contributed by atoms with van der Waals surface area (Å²) in [5.74, 6) is -2.52. The van der Waals surface area contributed by atoms with Gasteiger partial charge in [-0.1, -0.05) is 22.0 Å². The first-order valence-electron chi connectivity index (χ1n) is 8.05. The number of rotatable bonds is 3. The zero-order valence-corrected chi connectivity index (χ0v) is 16.4. The Hall–Kier alpha value is -2.81. The summed E-state index contributed by atoms with van der Waals surface area (Å²) in [7, 11) is 1.15. The van der Waals surface area contributed by atoms with Crippen molar-refractivity contribution in [3.63, 3.8) is 0 Å². The number of esters is 2. The summed E-state index contributed by atoms with van der Waals surface area (Å²) in [6, 6.07) is 4.99. The van der Waals surface area contributed by atoms with Crippen LogP contribution in [0.4, 0.5) is 5.69 Å². The summed E-state index contributed by atoms with van der Waals surface area (Å²) < 4.78 is 16.1. The summed E-state index contributed by atoms with van der Waals surface area (Å²) in [4.78, 5) is 38.6. The lowest BCUT2D eigenvalue weighted by atomic mass is 9.67. The van der Waals surface area contributed by atoms with E-state index in [1.165, 1.54) is 6.92 Å². The van der Waals surface area contributed by atoms with Crippen molar-refractivity contribution in [1.82, 2.24) is 0 Å². The lowest BCUT2D eigenvalue weighted by Gasteiger charge is -2.35. The molecule has 0 radical (unpaired) electrons. The van der Waals surface area contributed by atoms with Crippen LogP contribution in [-0.4, -0.2) is 31.6 Å². The number of methoxy groups -OCH3 is 1. The van der Waals surface area contributed by atoms with Crippen LogP contribution in [-0.2, 0) is 34.0 Å². The first-order valence-corrected chi connectivity index (χ1v) is 8.84. The van der Waals surface area contributed by atoms with Gasteiger partial charge in [0.1, 0.15) is 22.3 Å². The van der Waals surface area contributed by atoms with E-state index in [2.05, 4.69) is 21.2 Å². The molecule has 2 heterocycles. The molecule has 3 N–H and O–H groups in total. The van der Waals surface area contributed by atoms with Crippen molar-refractivity contribution in [2.24, 2.45) is 5.73 Å². The maximum atomic E-state index is 13.2. The van der Waals surface area contributed by atoms with Crippen LogP contribution in [0.2, 0.25) is 0 Å². The van der Waals surface area contributed by atoms with Crippen molar-refractivity contribution in [2.45, 2.75) is 19.3 Å². The smallest absolute Gasteiger partial charge is 0.340 e. The summed E-state index contributed by atoms with van der Waals surface area (Å²) in [6.45, 7) is 3.20. The topological polar surface area (TPSA) is 117 Å². The molecule has 2 aliphatic rings. The van der Waals surface area contributed by atoms with E-state index < -0.39 is 23.3 Å². The molecule has 1 atom stereocenters. The minimum absolute atomic E-state index is 0.0736. The fourth-order valence-electron chi connectivity index (χ4n) is 3.48. The van der Waals surface area contributed by atoms with Crippen LogP contribution in [0.15, 0.2) is 45.5 Å². The van der Waals surface area contributed by atoms with Gasteiger partial charge in [0.2, 0.25) is 11.8 Å². The van der Waals surface area contributed by atoms with Crippen LogP contribution in [0, 0.1) is 0 Å². The number of anilines is 1. The second kappa shape index (κ2) is 6.73. The van der Waals surface area contributed by atoms with Crippen LogP contribution in [0.25, 0.3) is 0 Å². The lowest BCUT2D eigenvalue weighted by Crippen LogP contribution is -2.48. The van der Waals surface area contributed by atoms with Crippen LogP contribution in [0.5, 0.6) is 0 Å². The minimum Gasteiger partial charge on any atom is -0.465 e. The predicted molar refractivity (Wildman–Crippen MR) is 98.1 cm³/mol. The number of halogens is 1. The highest BCUT2D eigenvalue weighted by atomic mass is 79.9. The van der Waals surface area contributed by atoms with Crippen molar-refractivity contribution in [1.29, 1.82) is 0 Å². The van der Waals surface area contributed by atoms with Gasteiger partial charge in [-0.3, -0.25) is 4.79 Å². The number of hydrogen-bond acceptors (Lipinski definition) is 7. The number of allylic oxidation sites excluding steroid dienone is 1. The molecule has 142 valence electrons. The Morgan fingerprint density at radius 2 is 2.00 bits per heavy atom. The molecule has 0 saturated heterocycles. The molecule has 0 saturated carbocycles. The monoisotopic (exact) mass is 436 g/mol. The SMILES string of the molecule is CCOC(=O)C1=C(C)OC(N)=C(C(=O)OC)[C@@]12C(=O)Nc1cc(Br)ccc12. The number of hydrogen-bond donors (Lipinski definition) is 2. The van der Waals surface area contributed by atoms with Gasteiger partial charge in [-0.2, -0.15) is 0 Å². The van der Waals surface area contributed by atoms with E-state index in [4.69, 9.17) is 19.9 Å². The van der Waals surface area contributed by atoms with Gasteiger partial charge in [-0.05, 0) is 26.0 Å². The van der Waals surface area contributed by atoms with E-state index in [9.17, 15) is 14.4 Å². The number of carbonyl (C=O) groups excluding carboxylic acids is 3. The molecule has 1 aromatic carbocycles. The zero-order valence-electron chi connectivity index (χ0n) is 14.8. The highest BCUT2D eigenvalue weighted by Gasteiger charge is 2.61. The molecule has 1 aromatic rings. The average molecular weight is 437 g/mol. The number of carbonyl (C=O) groups is 3. The molecule has 1 spiro atoms. The van der Waals surface area contributed by atoms with Crippen molar-refractivity contribution < 1.29 is 28.6 Å². The first-order chi connectivity index (χ1) is 12.8. The number of benzene rings is 1. The van der Waals surface area contributed by atoms with E-state index in [1.54, 1.807) is 25.1 Å². The second-order valence-electron chi connectivity index (χ2n) is 5.88. The van der Waals surface area contributed by atoms with Crippen molar-refractivity contribution in [3.05, 3.63) is 51.0 Å². The Balaban J connectivity index is 2.41. The molecule has 8 nitrogen and oxygen atoms in total. The van der Waals surface area contributed by atoms with Crippen LogP contribution in [0.3, 0.4) is 0 Å². The maximum Gasteiger partial charge on any atom is 0.340 e. The standard InChI is InChI=1S/C18H17BrN2O6/c1-4-26-16(23)12-8(2)27-14(20)13(15(22)25-3)18(12)10-6-5-9(19)7-11(10)21-17(18)24/h5-7H,4,20H2,1-3H3,(H,21,24)/t18-/m0/s1. The largest absolute Gasteiger partial charge is 0.465 e. The quantitative estimate of drug-likeness (QED) is 0.694. The molecule has 27 heavy (non-hydrogen) atoms. The molecular formula is C18H17BrN2O6. The van der Waals surface area contributed by atoms with Crippen molar-refractivity contribution in [2.75, 3.05) is 19.0 Å². The van der Waals surface area contributed by atoms with Crippen molar-refractivity contribution >= 4 is 39.5 Å². The minimum atomic E-state index is -1.83. The normalized spacial score (nSPS) is 21.0. The Morgan fingerprint density at radius 1 is 1.30 bits per heavy atom. The van der Waals surface area contributed by atoms with Crippen LogP contribution < -0.4 is 11.1 Å². The molecule has 0 bridgehead atoms. The van der Waals surface area contributed by atoms with Gasteiger partial charge in [0.15, 0.2) is 0 Å². The molecule has 9 heteroatoms. The molecule has 0 aromatic heterocycles. The van der Waals surface area contributed by atoms with Gasteiger partial charge in [-0.15, -0.1) is 0 Å². The number of ether oxygens (including phenoxy) is 3. The third-order valence-electron chi connectivity index (χ3n) is 4.46. The van der Waals surface area contributed by atoms with Crippen LogP contribution >= 0.6 is 15.9 Å². The first kappa shape index (κ1) is 19.0. The van der Waals surface area contributed by atoms with Gasteiger partial charge < -0.3 is 25.3 Å². The van der Waals surface area contributed by atoms with Crippen LogP contribution in [0.1, 0.15) is 19.4 Å². The van der Waals surface area contributed by atoms with E-state index in [1.807, 2.05) is 0 Å². The third kappa shape index (κ3) is 2.61. The Kier molecular flexibility index (Phi) is 4.73. The van der Waals surface area contributed by atoms with Crippen molar-refractivity contribution in [3.8, 4) is 0 Å². The van der Waals surface area contributed by atoms with Gasteiger partial charge in [0.05, 0.1) is 13.7 Å². The summed E-state index contributed by atoms with van der Waals surface area (Å²) in [5.41, 5.74) is 4.57. The maximum absolute atomic E-state index is 13.2. The molecule has 0 aliphatic carbocycles. The fourth-order valence-corrected chi connectivity index (χ4v) is 3.84. The van der Waals surface area contributed by atoms with Gasteiger partial charge in [0, 0.05) is 15.7 Å². The Morgan fingerprint density at radius 3 is 2.63 bits per heavy atom. The number of amides is 1. The molecule has 3 rings (SSSR count). The Labute approximate surface area is 163 Å². The molecule has 2 aliphatic heterocycles. The summed E-state index contributed by atoms with van der Waals surface area (Å²) >= 11 is 3.34. The lowest BCUT2D eigenvalue weighted by molar-refractivity contribution is -0.142. The fraction of sp³-hybridized carbons (Fsp3) is 0.278. The number of nitrogens with one attached hydrogen (secondary N) is 1. The molecule has 0 fully saturated rings. The highest BCUT2D eigenvalue weighted by molar-refractivity contribution is 9.10. The highest BCUT2D eigenvalue weighted by Crippen LogP contribution is 2.52. The molecule has 0 unspecified atom stereocenters. The van der Waals surface area contributed by atoms with E-state index in [-0.39, 0.29) is 29.4 Å². The second-order valence-corrected chi connectivity index (χ2v) is 6.79. The number of fused-ring (bicyclic) bond motifs is 2. The average Bonchev–Trinajstić information content (AvgIpc) is 2.86. The third-order valence-corrected chi connectivity index (χ3v) is 4.95. The van der Waals surface area contributed by atoms with Gasteiger partial charge in [0.25, 0.3) is 0 Å². The van der Waals surface area contributed by atoms with E-state index in [0.29, 0.717) is 15.7 Å². The Bertz CT molecular complexity index is 936. The molecular weight excluding hydrogens is 420 g/mol. The summed E-state index contributed by atoms with van der Waals surface area (Å²) in [5, 5.41) is 2.71. The van der Waals surface area contributed by atoms with E-state index >= 15 is 0 Å².